The molecule has 3 N–H and O–H groups in total. The highest BCUT2D eigenvalue weighted by Gasteiger charge is 2.26. The zero-order chi connectivity index (χ0) is 25.7. The van der Waals surface area contributed by atoms with Gasteiger partial charge < -0.3 is 15.8 Å². The van der Waals surface area contributed by atoms with E-state index in [9.17, 15) is 13.2 Å². The Morgan fingerprint density at radius 3 is 2.24 bits per heavy atom. The molecule has 0 aliphatic carbocycles. The average molecular weight is 539 g/mol. The Morgan fingerprint density at radius 1 is 1.12 bits per heavy atom. The number of benzene rings is 1. The van der Waals surface area contributed by atoms with Gasteiger partial charge in [0.15, 0.2) is 0 Å². The number of carbonyl (C=O) groups is 1. The maximum atomic E-state index is 12.7. The predicted octanol–water partition coefficient (Wildman–Crippen LogP) is 4.25. The Labute approximate surface area is 215 Å². The SMILES string of the molecule is CCCN(CCC)S(=O)(=O)CCC(=O)OC(CNCCC(C)C)C(N)Cc1cc(Cl)cc(Cl)c1. The highest BCUT2D eigenvalue weighted by molar-refractivity contribution is 7.89. The molecule has 0 amide bonds. The number of sulfonamides is 1. The quantitative estimate of drug-likeness (QED) is 0.227. The molecule has 0 bridgehead atoms. The zero-order valence-electron chi connectivity index (χ0n) is 20.9. The van der Waals surface area contributed by atoms with E-state index >= 15 is 0 Å². The summed E-state index contributed by atoms with van der Waals surface area (Å²) in [6, 6.07) is 4.68. The fraction of sp³-hybridized carbons (Fsp3) is 0.708. The van der Waals surface area contributed by atoms with Crippen molar-refractivity contribution in [1.29, 1.82) is 0 Å². The summed E-state index contributed by atoms with van der Waals surface area (Å²) in [6.45, 7) is 10.2. The van der Waals surface area contributed by atoms with Gasteiger partial charge in [0.1, 0.15) is 6.10 Å². The van der Waals surface area contributed by atoms with Gasteiger partial charge in [-0.05, 0) is 61.9 Å². The molecule has 2 unspecified atom stereocenters. The van der Waals surface area contributed by atoms with Gasteiger partial charge in [-0.1, -0.05) is 50.9 Å². The van der Waals surface area contributed by atoms with Crippen molar-refractivity contribution in [3.8, 4) is 0 Å². The van der Waals surface area contributed by atoms with Crippen molar-refractivity contribution >= 4 is 39.2 Å². The molecule has 0 aliphatic rings. The topological polar surface area (TPSA) is 102 Å². The lowest BCUT2D eigenvalue weighted by Gasteiger charge is -2.25. The molecule has 1 aromatic rings. The number of rotatable bonds is 17. The number of ether oxygens (including phenoxy) is 1. The summed E-state index contributed by atoms with van der Waals surface area (Å²) in [5.41, 5.74) is 7.26. The van der Waals surface area contributed by atoms with Gasteiger partial charge in [0, 0.05) is 35.7 Å². The summed E-state index contributed by atoms with van der Waals surface area (Å²) >= 11 is 12.2. The van der Waals surface area contributed by atoms with Crippen LogP contribution in [0.1, 0.15) is 58.9 Å². The van der Waals surface area contributed by atoms with E-state index in [1.54, 1.807) is 18.2 Å². The van der Waals surface area contributed by atoms with Crippen molar-refractivity contribution in [1.82, 2.24) is 9.62 Å². The maximum Gasteiger partial charge on any atom is 0.307 e. The van der Waals surface area contributed by atoms with Crippen LogP contribution in [0.25, 0.3) is 0 Å². The van der Waals surface area contributed by atoms with Gasteiger partial charge >= 0.3 is 5.97 Å². The molecule has 0 radical (unpaired) electrons. The van der Waals surface area contributed by atoms with Crippen LogP contribution in [0, 0.1) is 5.92 Å². The van der Waals surface area contributed by atoms with Gasteiger partial charge in [-0.15, -0.1) is 0 Å². The van der Waals surface area contributed by atoms with Gasteiger partial charge in [-0.25, -0.2) is 12.7 Å². The third-order valence-corrected chi connectivity index (χ3v) is 7.61. The molecule has 34 heavy (non-hydrogen) atoms. The Kier molecular flexibility index (Phi) is 14.6. The van der Waals surface area contributed by atoms with E-state index in [0.717, 1.165) is 31.4 Å². The minimum Gasteiger partial charge on any atom is -0.459 e. The van der Waals surface area contributed by atoms with Crippen molar-refractivity contribution in [3.05, 3.63) is 33.8 Å². The monoisotopic (exact) mass is 537 g/mol. The molecule has 0 saturated carbocycles. The van der Waals surface area contributed by atoms with Crippen LogP contribution < -0.4 is 11.1 Å². The van der Waals surface area contributed by atoms with Crippen molar-refractivity contribution < 1.29 is 17.9 Å². The van der Waals surface area contributed by atoms with Crippen molar-refractivity contribution in [3.63, 3.8) is 0 Å². The number of hydrogen-bond donors (Lipinski definition) is 2. The molecule has 1 aromatic carbocycles. The summed E-state index contributed by atoms with van der Waals surface area (Å²) in [7, 11) is -3.53. The molecule has 7 nitrogen and oxygen atoms in total. The number of halogens is 2. The van der Waals surface area contributed by atoms with Crippen molar-refractivity contribution in [2.45, 2.75) is 71.9 Å². The first-order valence-electron chi connectivity index (χ1n) is 12.1. The van der Waals surface area contributed by atoms with Gasteiger partial charge in [-0.3, -0.25) is 4.79 Å². The second kappa shape index (κ2) is 16.0. The number of esters is 1. The number of hydrogen-bond acceptors (Lipinski definition) is 6. The third-order valence-electron chi connectivity index (χ3n) is 5.30. The summed E-state index contributed by atoms with van der Waals surface area (Å²) in [6.07, 6.45) is 1.98. The second-order valence-electron chi connectivity index (χ2n) is 9.03. The fourth-order valence-corrected chi connectivity index (χ4v) is 5.68. The first-order chi connectivity index (χ1) is 16.0. The van der Waals surface area contributed by atoms with E-state index in [4.69, 9.17) is 33.7 Å². The van der Waals surface area contributed by atoms with Crippen LogP contribution in [0.3, 0.4) is 0 Å². The molecule has 0 saturated heterocycles. The van der Waals surface area contributed by atoms with E-state index in [1.165, 1.54) is 4.31 Å². The first kappa shape index (κ1) is 31.1. The lowest BCUT2D eigenvalue weighted by Crippen LogP contribution is -2.46. The van der Waals surface area contributed by atoms with E-state index in [2.05, 4.69) is 19.2 Å². The third kappa shape index (κ3) is 12.2. The molecule has 196 valence electrons. The molecule has 10 heteroatoms. The first-order valence-corrected chi connectivity index (χ1v) is 14.4. The van der Waals surface area contributed by atoms with Gasteiger partial charge in [0.2, 0.25) is 10.0 Å². The van der Waals surface area contributed by atoms with Crippen LogP contribution >= 0.6 is 23.2 Å². The molecular formula is C24H41Cl2N3O4S. The average Bonchev–Trinajstić information content (AvgIpc) is 2.73. The predicted molar refractivity (Wildman–Crippen MR) is 141 cm³/mol. The molecule has 1 rings (SSSR count). The maximum absolute atomic E-state index is 12.7. The minimum absolute atomic E-state index is 0.218. The van der Waals surface area contributed by atoms with Crippen LogP contribution in [0.15, 0.2) is 18.2 Å². The zero-order valence-corrected chi connectivity index (χ0v) is 23.2. The molecule has 0 heterocycles. The van der Waals surface area contributed by atoms with E-state index in [1.807, 2.05) is 13.8 Å². The number of nitrogens with two attached hydrogens (primary N) is 1. The summed E-state index contributed by atoms with van der Waals surface area (Å²) in [4.78, 5) is 12.6. The highest BCUT2D eigenvalue weighted by Crippen LogP contribution is 2.20. The molecular weight excluding hydrogens is 497 g/mol. The normalized spacial score (nSPS) is 13.9. The molecule has 0 fully saturated rings. The van der Waals surface area contributed by atoms with Crippen molar-refractivity contribution in [2.24, 2.45) is 11.7 Å². The summed E-state index contributed by atoms with van der Waals surface area (Å²) in [5.74, 6) is -0.319. The van der Waals surface area contributed by atoms with Crippen LogP contribution in [-0.2, 0) is 26.0 Å². The molecule has 0 spiro atoms. The smallest absolute Gasteiger partial charge is 0.307 e. The second-order valence-corrected chi connectivity index (χ2v) is 12.0. The summed E-state index contributed by atoms with van der Waals surface area (Å²) < 4.78 is 32.5. The van der Waals surface area contributed by atoms with E-state index in [-0.39, 0.29) is 12.2 Å². The van der Waals surface area contributed by atoms with Crippen LogP contribution in [0.5, 0.6) is 0 Å². The van der Waals surface area contributed by atoms with Crippen LogP contribution in [-0.4, -0.2) is 62.8 Å². The van der Waals surface area contributed by atoms with Gasteiger partial charge in [0.25, 0.3) is 0 Å². The van der Waals surface area contributed by atoms with E-state index < -0.39 is 28.1 Å². The van der Waals surface area contributed by atoms with E-state index in [0.29, 0.717) is 42.0 Å². The Morgan fingerprint density at radius 2 is 1.71 bits per heavy atom. The van der Waals surface area contributed by atoms with Gasteiger partial charge in [0.05, 0.1) is 12.2 Å². The number of nitrogens with one attached hydrogen (secondary N) is 1. The Bertz CT molecular complexity index is 826. The molecule has 0 aromatic heterocycles. The molecule has 2 atom stereocenters. The van der Waals surface area contributed by atoms with Gasteiger partial charge in [-0.2, -0.15) is 0 Å². The summed E-state index contributed by atoms with van der Waals surface area (Å²) in [5, 5.41) is 4.31. The minimum atomic E-state index is -3.53. The Balaban J connectivity index is 2.81. The van der Waals surface area contributed by atoms with Crippen molar-refractivity contribution in [2.75, 3.05) is 31.9 Å². The number of nitrogens with zero attached hydrogens (tertiary/aromatic N) is 1. The van der Waals surface area contributed by atoms with Crippen LogP contribution in [0.2, 0.25) is 10.0 Å². The number of carbonyl (C=O) groups excluding carboxylic acids is 1. The lowest BCUT2D eigenvalue weighted by molar-refractivity contribution is -0.149. The van der Waals surface area contributed by atoms with Crippen LogP contribution in [0.4, 0.5) is 0 Å². The highest BCUT2D eigenvalue weighted by atomic mass is 35.5. The fourth-order valence-electron chi connectivity index (χ4n) is 3.51. The Hall–Kier alpha value is -0.900. The molecule has 0 aliphatic heterocycles. The lowest BCUT2D eigenvalue weighted by atomic mass is 10.0. The standard InChI is InChI=1S/C24H41Cl2N3O4S/c1-5-10-29(11-6-2)34(31,32)12-8-24(30)33-23(17-28-9-7-18(3)4)22(27)15-19-13-20(25)16-21(26)14-19/h13-14,16,18,22-23,28H,5-12,15,17,27H2,1-4H3. The largest absolute Gasteiger partial charge is 0.459 e.